The van der Waals surface area contributed by atoms with Gasteiger partial charge < -0.3 is 5.32 Å². The summed E-state index contributed by atoms with van der Waals surface area (Å²) < 4.78 is 41.5. The van der Waals surface area contributed by atoms with Crippen molar-refractivity contribution in [2.24, 2.45) is 0 Å². The average molecular weight is 373 g/mol. The minimum absolute atomic E-state index is 0.0724. The third kappa shape index (κ3) is 4.03. The lowest BCUT2D eigenvalue weighted by atomic mass is 10.2. The van der Waals surface area contributed by atoms with Crippen LogP contribution in [0.25, 0.3) is 0 Å². The molecule has 7 heteroatoms. The Morgan fingerprint density at radius 1 is 1.19 bits per heavy atom. The molecular formula is C14H14BrFN2O2S. The Kier molecular flexibility index (Phi) is 4.97. The highest BCUT2D eigenvalue weighted by atomic mass is 79.9. The normalized spacial score (nSPS) is 11.4. The number of halogens is 2. The third-order valence-corrected chi connectivity index (χ3v) is 4.72. The summed E-state index contributed by atoms with van der Waals surface area (Å²) in [5, 5.41) is 2.87. The molecule has 0 spiro atoms. The first-order valence-electron chi connectivity index (χ1n) is 6.14. The van der Waals surface area contributed by atoms with Crippen molar-refractivity contribution in [3.8, 4) is 0 Å². The van der Waals surface area contributed by atoms with Crippen molar-refractivity contribution >= 4 is 31.6 Å². The van der Waals surface area contributed by atoms with Gasteiger partial charge in [0.05, 0.1) is 4.90 Å². The number of nitrogens with one attached hydrogen (secondary N) is 2. The van der Waals surface area contributed by atoms with E-state index in [1.807, 2.05) is 0 Å². The van der Waals surface area contributed by atoms with Gasteiger partial charge in [0.1, 0.15) is 5.82 Å². The molecule has 0 radical (unpaired) electrons. The molecule has 0 fully saturated rings. The molecular weight excluding hydrogens is 359 g/mol. The number of hydrogen-bond acceptors (Lipinski definition) is 3. The Labute approximate surface area is 131 Å². The van der Waals surface area contributed by atoms with Gasteiger partial charge >= 0.3 is 0 Å². The van der Waals surface area contributed by atoms with Gasteiger partial charge in [-0.15, -0.1) is 0 Å². The van der Waals surface area contributed by atoms with Crippen LogP contribution >= 0.6 is 15.9 Å². The summed E-state index contributed by atoms with van der Waals surface area (Å²) in [4.78, 5) is -0.0724. The van der Waals surface area contributed by atoms with Crippen molar-refractivity contribution in [2.75, 3.05) is 11.8 Å². The number of anilines is 1. The first-order chi connectivity index (χ1) is 9.92. The molecule has 0 saturated heterocycles. The standard InChI is InChI=1S/C14H14BrFN2O2S/c1-17-9-10-5-6-12(16)8-14(10)21(19,20)18-13-4-2-3-11(15)7-13/h2-8,17-18H,9H2,1H3. The minimum atomic E-state index is -3.86. The molecule has 112 valence electrons. The molecule has 2 N–H and O–H groups in total. The van der Waals surface area contributed by atoms with E-state index in [2.05, 4.69) is 26.0 Å². The number of benzene rings is 2. The fraction of sp³-hybridized carbons (Fsp3) is 0.143. The van der Waals surface area contributed by atoms with Crippen molar-refractivity contribution in [3.05, 3.63) is 58.3 Å². The molecule has 0 unspecified atom stereocenters. The second kappa shape index (κ2) is 6.55. The zero-order valence-corrected chi connectivity index (χ0v) is 13.6. The van der Waals surface area contributed by atoms with E-state index in [9.17, 15) is 12.8 Å². The molecule has 2 aromatic rings. The van der Waals surface area contributed by atoms with Crippen LogP contribution in [0.4, 0.5) is 10.1 Å². The quantitative estimate of drug-likeness (QED) is 0.847. The van der Waals surface area contributed by atoms with Gasteiger partial charge in [-0.1, -0.05) is 28.1 Å². The van der Waals surface area contributed by atoms with Crippen molar-refractivity contribution in [1.82, 2.24) is 5.32 Å². The Bertz CT molecular complexity index is 750. The van der Waals surface area contributed by atoms with Crippen LogP contribution in [0.2, 0.25) is 0 Å². The van der Waals surface area contributed by atoms with Crippen molar-refractivity contribution in [1.29, 1.82) is 0 Å². The first kappa shape index (κ1) is 15.9. The Balaban J connectivity index is 2.41. The highest BCUT2D eigenvalue weighted by molar-refractivity contribution is 9.10. The van der Waals surface area contributed by atoms with Crippen LogP contribution in [0.1, 0.15) is 5.56 Å². The molecule has 2 rings (SSSR count). The van der Waals surface area contributed by atoms with Gasteiger partial charge in [0.25, 0.3) is 10.0 Å². The molecule has 0 atom stereocenters. The Morgan fingerprint density at radius 3 is 2.62 bits per heavy atom. The summed E-state index contributed by atoms with van der Waals surface area (Å²) in [6.45, 7) is 0.328. The van der Waals surface area contributed by atoms with Crippen LogP contribution in [0.15, 0.2) is 51.8 Å². The molecule has 0 heterocycles. The first-order valence-corrected chi connectivity index (χ1v) is 8.41. The van der Waals surface area contributed by atoms with E-state index in [0.29, 0.717) is 17.8 Å². The maximum atomic E-state index is 13.4. The topological polar surface area (TPSA) is 58.2 Å². The fourth-order valence-electron chi connectivity index (χ4n) is 1.88. The van der Waals surface area contributed by atoms with Crippen LogP contribution in [0, 0.1) is 5.82 Å². The van der Waals surface area contributed by atoms with Crippen molar-refractivity contribution < 1.29 is 12.8 Å². The van der Waals surface area contributed by atoms with E-state index in [1.165, 1.54) is 12.1 Å². The Hall–Kier alpha value is -1.44. The predicted octanol–water partition coefficient (Wildman–Crippen LogP) is 3.11. The van der Waals surface area contributed by atoms with Crippen LogP contribution in [-0.2, 0) is 16.6 Å². The highest BCUT2D eigenvalue weighted by Crippen LogP contribution is 2.22. The van der Waals surface area contributed by atoms with Crippen LogP contribution in [0.3, 0.4) is 0 Å². The largest absolute Gasteiger partial charge is 0.316 e. The second-order valence-corrected chi connectivity index (χ2v) is 6.96. The summed E-state index contributed by atoms with van der Waals surface area (Å²) in [6, 6.07) is 10.5. The number of sulfonamides is 1. The molecule has 2 aromatic carbocycles. The summed E-state index contributed by atoms with van der Waals surface area (Å²) in [6.07, 6.45) is 0. The van der Waals surface area contributed by atoms with Gasteiger partial charge in [-0.25, -0.2) is 12.8 Å². The molecule has 21 heavy (non-hydrogen) atoms. The van der Waals surface area contributed by atoms with Crippen molar-refractivity contribution in [2.45, 2.75) is 11.4 Å². The van der Waals surface area contributed by atoms with Crippen LogP contribution in [0.5, 0.6) is 0 Å². The van der Waals surface area contributed by atoms with Gasteiger partial charge in [0, 0.05) is 16.7 Å². The molecule has 0 aliphatic heterocycles. The third-order valence-electron chi connectivity index (χ3n) is 2.76. The average Bonchev–Trinajstić information content (AvgIpc) is 2.40. The van der Waals surface area contributed by atoms with Gasteiger partial charge in [-0.05, 0) is 42.9 Å². The highest BCUT2D eigenvalue weighted by Gasteiger charge is 2.19. The minimum Gasteiger partial charge on any atom is -0.316 e. The molecule has 0 bridgehead atoms. The van der Waals surface area contributed by atoms with Crippen molar-refractivity contribution in [3.63, 3.8) is 0 Å². The fourth-order valence-corrected chi connectivity index (χ4v) is 3.58. The van der Waals surface area contributed by atoms with Gasteiger partial charge in [0.2, 0.25) is 0 Å². The Morgan fingerprint density at radius 2 is 1.95 bits per heavy atom. The zero-order chi connectivity index (χ0) is 15.5. The summed E-state index contributed by atoms with van der Waals surface area (Å²) in [5.41, 5.74) is 0.908. The van der Waals surface area contributed by atoms with E-state index < -0.39 is 15.8 Å². The van der Waals surface area contributed by atoms with E-state index in [4.69, 9.17) is 0 Å². The molecule has 4 nitrogen and oxygen atoms in total. The molecule has 0 aromatic heterocycles. The molecule has 0 aliphatic carbocycles. The lowest BCUT2D eigenvalue weighted by Gasteiger charge is -2.12. The van der Waals surface area contributed by atoms with Gasteiger partial charge in [0.15, 0.2) is 0 Å². The SMILES string of the molecule is CNCc1ccc(F)cc1S(=O)(=O)Nc1cccc(Br)c1. The summed E-state index contributed by atoms with van der Waals surface area (Å²) in [5.74, 6) is -0.593. The maximum absolute atomic E-state index is 13.4. The molecule has 0 amide bonds. The summed E-state index contributed by atoms with van der Waals surface area (Å²) in [7, 11) is -2.16. The smallest absolute Gasteiger partial charge is 0.262 e. The zero-order valence-electron chi connectivity index (χ0n) is 11.2. The molecule has 0 saturated carbocycles. The van der Waals surface area contributed by atoms with Gasteiger partial charge in [-0.3, -0.25) is 4.72 Å². The van der Waals surface area contributed by atoms with E-state index >= 15 is 0 Å². The molecule has 0 aliphatic rings. The van der Waals surface area contributed by atoms with E-state index in [-0.39, 0.29) is 4.90 Å². The van der Waals surface area contributed by atoms with Crippen LogP contribution in [-0.4, -0.2) is 15.5 Å². The van der Waals surface area contributed by atoms with Gasteiger partial charge in [-0.2, -0.15) is 0 Å². The lowest BCUT2D eigenvalue weighted by Crippen LogP contribution is -2.17. The van der Waals surface area contributed by atoms with Crippen LogP contribution < -0.4 is 10.0 Å². The lowest BCUT2D eigenvalue weighted by molar-refractivity contribution is 0.592. The second-order valence-electron chi connectivity index (χ2n) is 4.40. The number of hydrogen-bond donors (Lipinski definition) is 2. The number of rotatable bonds is 5. The maximum Gasteiger partial charge on any atom is 0.262 e. The monoisotopic (exact) mass is 372 g/mol. The summed E-state index contributed by atoms with van der Waals surface area (Å²) >= 11 is 3.27. The van der Waals surface area contributed by atoms with E-state index in [0.717, 1.165) is 10.5 Å². The van der Waals surface area contributed by atoms with E-state index in [1.54, 1.807) is 31.3 Å². The predicted molar refractivity (Wildman–Crippen MR) is 84.1 cm³/mol.